The topological polar surface area (TPSA) is 24.5 Å². The van der Waals surface area contributed by atoms with Gasteiger partial charge in [0.1, 0.15) is 0 Å². The molecule has 1 unspecified atom stereocenters. The van der Waals surface area contributed by atoms with Gasteiger partial charge in [-0.05, 0) is 36.9 Å². The fourth-order valence-corrected chi connectivity index (χ4v) is 2.93. The molecule has 3 heteroatoms. The summed E-state index contributed by atoms with van der Waals surface area (Å²) in [7, 11) is 1.80. The molecule has 1 aromatic carbocycles. The van der Waals surface area contributed by atoms with Gasteiger partial charge in [-0.1, -0.05) is 32.0 Å². The van der Waals surface area contributed by atoms with Crippen molar-refractivity contribution in [3.63, 3.8) is 0 Å². The van der Waals surface area contributed by atoms with E-state index in [1.54, 1.807) is 7.11 Å². The molecule has 0 spiro atoms. The molecule has 2 rings (SSSR count). The number of nitrogens with one attached hydrogen (secondary N) is 1. The Labute approximate surface area is 123 Å². The highest BCUT2D eigenvalue weighted by molar-refractivity contribution is 5.56. The number of ether oxygens (including phenoxy) is 1. The lowest BCUT2D eigenvalue weighted by Crippen LogP contribution is -2.48. The molecule has 112 valence electrons. The number of anilines is 1. The first kappa shape index (κ1) is 15.3. The zero-order chi connectivity index (χ0) is 14.4. The summed E-state index contributed by atoms with van der Waals surface area (Å²) < 4.78 is 5.45. The van der Waals surface area contributed by atoms with Crippen molar-refractivity contribution < 1.29 is 4.74 Å². The van der Waals surface area contributed by atoms with Crippen LogP contribution >= 0.6 is 0 Å². The summed E-state index contributed by atoms with van der Waals surface area (Å²) in [4.78, 5) is 2.52. The van der Waals surface area contributed by atoms with Crippen LogP contribution < -0.4 is 10.2 Å². The fourth-order valence-electron chi connectivity index (χ4n) is 2.93. The van der Waals surface area contributed by atoms with Crippen LogP contribution in [0.25, 0.3) is 0 Å². The molecule has 1 heterocycles. The molecule has 0 aliphatic carbocycles. The Morgan fingerprint density at radius 2 is 2.05 bits per heavy atom. The van der Waals surface area contributed by atoms with Crippen molar-refractivity contribution in [2.24, 2.45) is 5.92 Å². The number of hydrogen-bond donors (Lipinski definition) is 1. The van der Waals surface area contributed by atoms with E-state index in [4.69, 9.17) is 4.74 Å². The molecule has 20 heavy (non-hydrogen) atoms. The van der Waals surface area contributed by atoms with E-state index in [0.717, 1.165) is 26.2 Å². The van der Waals surface area contributed by atoms with E-state index in [-0.39, 0.29) is 0 Å². The Morgan fingerprint density at radius 3 is 2.80 bits per heavy atom. The largest absolute Gasteiger partial charge is 0.383 e. The molecule has 1 N–H and O–H groups in total. The minimum atomic E-state index is 0.417. The van der Waals surface area contributed by atoms with Crippen LogP contribution in [0.5, 0.6) is 0 Å². The van der Waals surface area contributed by atoms with Crippen LogP contribution in [0.1, 0.15) is 25.8 Å². The van der Waals surface area contributed by atoms with Crippen molar-refractivity contribution >= 4 is 5.69 Å². The van der Waals surface area contributed by atoms with Gasteiger partial charge in [-0.3, -0.25) is 0 Å². The Bertz CT molecular complexity index is 406. The predicted molar refractivity (Wildman–Crippen MR) is 85.5 cm³/mol. The molecular formula is C17H28N2O. The molecule has 0 aromatic heterocycles. The molecule has 0 saturated heterocycles. The molecule has 0 fully saturated rings. The van der Waals surface area contributed by atoms with E-state index in [1.165, 1.54) is 24.1 Å². The van der Waals surface area contributed by atoms with E-state index in [1.807, 2.05) is 0 Å². The van der Waals surface area contributed by atoms with Gasteiger partial charge in [0.05, 0.1) is 12.6 Å². The number of benzene rings is 1. The molecule has 0 amide bonds. The number of rotatable bonds is 7. The summed E-state index contributed by atoms with van der Waals surface area (Å²) in [5, 5.41) is 3.58. The van der Waals surface area contributed by atoms with Crippen molar-refractivity contribution in [2.75, 3.05) is 38.3 Å². The fraction of sp³-hybridized carbons (Fsp3) is 0.647. The second-order valence-corrected chi connectivity index (χ2v) is 6.09. The number of nitrogens with zero attached hydrogens (tertiary/aromatic N) is 1. The van der Waals surface area contributed by atoms with E-state index in [2.05, 4.69) is 48.3 Å². The van der Waals surface area contributed by atoms with E-state index in [0.29, 0.717) is 12.0 Å². The average molecular weight is 276 g/mol. The maximum Gasteiger partial charge on any atom is 0.0678 e. The van der Waals surface area contributed by atoms with E-state index < -0.39 is 0 Å². The molecule has 1 atom stereocenters. The van der Waals surface area contributed by atoms with Crippen LogP contribution in [0.15, 0.2) is 24.3 Å². The summed E-state index contributed by atoms with van der Waals surface area (Å²) in [6, 6.07) is 9.21. The van der Waals surface area contributed by atoms with Gasteiger partial charge >= 0.3 is 0 Å². The van der Waals surface area contributed by atoms with Crippen LogP contribution in [-0.4, -0.2) is 39.4 Å². The number of fused-ring (bicyclic) bond motifs is 1. The maximum atomic E-state index is 5.45. The summed E-state index contributed by atoms with van der Waals surface area (Å²) >= 11 is 0. The zero-order valence-electron chi connectivity index (χ0n) is 13.1. The molecule has 1 aliphatic heterocycles. The van der Waals surface area contributed by atoms with E-state index in [9.17, 15) is 0 Å². The molecule has 3 nitrogen and oxygen atoms in total. The lowest BCUT2D eigenvalue weighted by molar-refractivity contribution is 0.174. The summed E-state index contributed by atoms with van der Waals surface area (Å²) in [5.41, 5.74) is 2.87. The highest BCUT2D eigenvalue weighted by atomic mass is 16.5. The second-order valence-electron chi connectivity index (χ2n) is 6.09. The van der Waals surface area contributed by atoms with Crippen molar-refractivity contribution in [3.05, 3.63) is 29.8 Å². The van der Waals surface area contributed by atoms with Gasteiger partial charge < -0.3 is 15.0 Å². The second kappa shape index (κ2) is 7.65. The van der Waals surface area contributed by atoms with Crippen LogP contribution in [0.3, 0.4) is 0 Å². The normalized spacial score (nSPS) is 16.3. The highest BCUT2D eigenvalue weighted by Gasteiger charge is 2.23. The highest BCUT2D eigenvalue weighted by Crippen LogP contribution is 2.28. The van der Waals surface area contributed by atoms with Gasteiger partial charge in [-0.25, -0.2) is 0 Å². The van der Waals surface area contributed by atoms with Gasteiger partial charge in [-0.2, -0.15) is 0 Å². The monoisotopic (exact) mass is 276 g/mol. The third-order valence-corrected chi connectivity index (χ3v) is 3.88. The van der Waals surface area contributed by atoms with Crippen LogP contribution in [0.2, 0.25) is 0 Å². The van der Waals surface area contributed by atoms with Crippen molar-refractivity contribution in [3.8, 4) is 0 Å². The number of hydrogen-bond acceptors (Lipinski definition) is 3. The third kappa shape index (κ3) is 3.97. The Kier molecular flexibility index (Phi) is 5.86. The molecule has 0 radical (unpaired) electrons. The minimum Gasteiger partial charge on any atom is -0.383 e. The number of para-hydroxylation sites is 1. The summed E-state index contributed by atoms with van der Waals surface area (Å²) in [5.74, 6) is 0.687. The smallest absolute Gasteiger partial charge is 0.0678 e. The molecule has 1 aliphatic rings. The quantitative estimate of drug-likeness (QED) is 0.828. The van der Waals surface area contributed by atoms with Crippen LogP contribution in [0.4, 0.5) is 5.69 Å². The summed E-state index contributed by atoms with van der Waals surface area (Å²) in [6.45, 7) is 8.45. The van der Waals surface area contributed by atoms with Gasteiger partial charge in [0.25, 0.3) is 0 Å². The zero-order valence-corrected chi connectivity index (χ0v) is 13.1. The van der Waals surface area contributed by atoms with Crippen LogP contribution in [-0.2, 0) is 11.2 Å². The first-order valence-corrected chi connectivity index (χ1v) is 7.76. The molecular weight excluding hydrogens is 248 g/mol. The van der Waals surface area contributed by atoms with Gasteiger partial charge in [0, 0.05) is 25.9 Å². The number of aryl methyl sites for hydroxylation is 1. The first-order valence-electron chi connectivity index (χ1n) is 7.76. The third-order valence-electron chi connectivity index (χ3n) is 3.88. The van der Waals surface area contributed by atoms with Crippen LogP contribution in [0, 0.1) is 5.92 Å². The number of methoxy groups -OCH3 is 1. The van der Waals surface area contributed by atoms with Crippen molar-refractivity contribution in [1.82, 2.24) is 5.32 Å². The average Bonchev–Trinajstić information content (AvgIpc) is 2.45. The first-order chi connectivity index (χ1) is 9.72. The molecule has 0 bridgehead atoms. The van der Waals surface area contributed by atoms with Crippen molar-refractivity contribution in [1.29, 1.82) is 0 Å². The van der Waals surface area contributed by atoms with E-state index >= 15 is 0 Å². The van der Waals surface area contributed by atoms with Gasteiger partial charge in [-0.15, -0.1) is 0 Å². The maximum absolute atomic E-state index is 5.45. The SMILES string of the molecule is COCC(CNCC(C)C)N1CCCc2ccccc21. The Balaban J connectivity index is 2.05. The van der Waals surface area contributed by atoms with Gasteiger partial charge in [0.15, 0.2) is 0 Å². The summed E-state index contributed by atoms with van der Waals surface area (Å²) in [6.07, 6.45) is 2.44. The molecule has 1 aromatic rings. The lowest BCUT2D eigenvalue weighted by Gasteiger charge is -2.38. The Morgan fingerprint density at radius 1 is 1.25 bits per heavy atom. The minimum absolute atomic E-state index is 0.417. The Hall–Kier alpha value is -1.06. The lowest BCUT2D eigenvalue weighted by atomic mass is 10.00. The van der Waals surface area contributed by atoms with Gasteiger partial charge in [0.2, 0.25) is 0 Å². The van der Waals surface area contributed by atoms with Crippen molar-refractivity contribution in [2.45, 2.75) is 32.7 Å². The molecule has 0 saturated carbocycles. The standard InChI is InChI=1S/C17H28N2O/c1-14(2)11-18-12-16(13-20-3)19-10-6-8-15-7-4-5-9-17(15)19/h4-5,7,9,14,16,18H,6,8,10-13H2,1-3H3. The predicted octanol–water partition coefficient (Wildman–Crippen LogP) is 2.70.